The Labute approximate surface area is 141 Å². The summed E-state index contributed by atoms with van der Waals surface area (Å²) in [6.07, 6.45) is 1.62. The molecule has 0 aliphatic rings. The average molecular weight is 312 g/mol. The molecule has 3 rings (SSSR count). The summed E-state index contributed by atoms with van der Waals surface area (Å²) in [7, 11) is 0. The maximum atomic E-state index is 12.3. The third-order valence-electron chi connectivity index (χ3n) is 3.43. The highest BCUT2D eigenvalue weighted by Crippen LogP contribution is 2.09. The van der Waals surface area contributed by atoms with Crippen molar-refractivity contribution in [1.29, 1.82) is 0 Å². The Kier molecular flexibility index (Phi) is 5.01. The van der Waals surface area contributed by atoms with E-state index in [2.05, 4.69) is 22.1 Å². The molecule has 1 N–H and O–H groups in total. The van der Waals surface area contributed by atoms with E-state index in [0.29, 0.717) is 17.8 Å². The number of nitrogens with zero attached hydrogens (tertiary/aromatic N) is 1. The summed E-state index contributed by atoms with van der Waals surface area (Å²) < 4.78 is 0. The fourth-order valence-electron chi connectivity index (χ4n) is 2.20. The fraction of sp³-hybridized carbons (Fsp3) is 0.0476. The van der Waals surface area contributed by atoms with Crippen molar-refractivity contribution in [2.24, 2.45) is 0 Å². The molecule has 0 aliphatic carbocycles. The molecule has 3 aromatic rings. The van der Waals surface area contributed by atoms with Gasteiger partial charge in [0.15, 0.2) is 0 Å². The molecule has 0 bridgehead atoms. The summed E-state index contributed by atoms with van der Waals surface area (Å²) >= 11 is 0. The molecular formula is C21H16N2O. The van der Waals surface area contributed by atoms with E-state index >= 15 is 0 Å². The molecule has 2 aromatic carbocycles. The summed E-state index contributed by atoms with van der Waals surface area (Å²) in [5.74, 6) is 6.07. The molecule has 0 saturated carbocycles. The van der Waals surface area contributed by atoms with Crippen LogP contribution in [0.2, 0.25) is 0 Å². The number of para-hydroxylation sites is 1. The monoisotopic (exact) mass is 312 g/mol. The van der Waals surface area contributed by atoms with Crippen LogP contribution in [0.3, 0.4) is 0 Å². The fourth-order valence-corrected chi connectivity index (χ4v) is 2.20. The summed E-state index contributed by atoms with van der Waals surface area (Å²) in [4.78, 5) is 16.3. The molecule has 24 heavy (non-hydrogen) atoms. The van der Waals surface area contributed by atoms with E-state index in [4.69, 9.17) is 0 Å². The van der Waals surface area contributed by atoms with E-state index in [1.165, 1.54) is 0 Å². The Bertz CT molecular complexity index is 860. The van der Waals surface area contributed by atoms with Crippen molar-refractivity contribution in [3.63, 3.8) is 0 Å². The first-order valence-electron chi connectivity index (χ1n) is 7.66. The van der Waals surface area contributed by atoms with Gasteiger partial charge >= 0.3 is 0 Å². The van der Waals surface area contributed by atoms with Gasteiger partial charge in [-0.1, -0.05) is 36.1 Å². The summed E-state index contributed by atoms with van der Waals surface area (Å²) in [6.45, 7) is 0.568. The van der Waals surface area contributed by atoms with Crippen LogP contribution in [0.4, 0.5) is 5.69 Å². The van der Waals surface area contributed by atoms with E-state index in [-0.39, 0.29) is 5.78 Å². The van der Waals surface area contributed by atoms with Gasteiger partial charge in [-0.05, 0) is 48.5 Å². The van der Waals surface area contributed by atoms with Crippen molar-refractivity contribution in [2.45, 2.75) is 0 Å². The molecule has 0 spiro atoms. The second kappa shape index (κ2) is 7.75. The number of ketones is 1. The van der Waals surface area contributed by atoms with Gasteiger partial charge < -0.3 is 5.32 Å². The third-order valence-corrected chi connectivity index (χ3v) is 3.43. The summed E-state index contributed by atoms with van der Waals surface area (Å²) in [6, 6.07) is 22.5. The number of hydrogen-bond acceptors (Lipinski definition) is 3. The second-order valence-electron chi connectivity index (χ2n) is 5.14. The van der Waals surface area contributed by atoms with E-state index in [1.807, 2.05) is 42.5 Å². The normalized spacial score (nSPS) is 9.67. The summed E-state index contributed by atoms with van der Waals surface area (Å²) in [5.41, 5.74) is 2.98. The molecule has 1 aromatic heterocycles. The second-order valence-corrected chi connectivity index (χ2v) is 5.14. The van der Waals surface area contributed by atoms with Crippen molar-refractivity contribution in [2.75, 3.05) is 11.9 Å². The number of rotatable bonds is 4. The molecule has 0 fully saturated rings. The lowest BCUT2D eigenvalue weighted by Gasteiger charge is -2.01. The molecule has 0 atom stereocenters. The molecule has 3 heteroatoms. The SMILES string of the molecule is O=C(c1ccc(C#CCNc2ccccc2)cc1)c1ccccn1. The number of aromatic nitrogens is 1. The van der Waals surface area contributed by atoms with Crippen molar-refractivity contribution >= 4 is 11.5 Å². The third kappa shape index (κ3) is 4.08. The minimum Gasteiger partial charge on any atom is -0.374 e. The smallest absolute Gasteiger partial charge is 0.211 e. The number of carbonyl (C=O) groups excluding carboxylic acids is 1. The first-order valence-corrected chi connectivity index (χ1v) is 7.66. The van der Waals surface area contributed by atoms with E-state index < -0.39 is 0 Å². The molecule has 0 aliphatic heterocycles. The van der Waals surface area contributed by atoms with E-state index in [0.717, 1.165) is 11.3 Å². The number of pyridine rings is 1. The molecule has 0 amide bonds. The Hall–Kier alpha value is -3.38. The molecule has 0 saturated heterocycles. The highest BCUT2D eigenvalue weighted by atomic mass is 16.1. The number of hydrogen-bond donors (Lipinski definition) is 1. The van der Waals surface area contributed by atoms with Crippen molar-refractivity contribution in [1.82, 2.24) is 4.98 Å². The number of nitrogens with one attached hydrogen (secondary N) is 1. The molecule has 0 unspecified atom stereocenters. The first-order chi connectivity index (χ1) is 11.8. The topological polar surface area (TPSA) is 42.0 Å². The largest absolute Gasteiger partial charge is 0.374 e. The van der Waals surface area contributed by atoms with Gasteiger partial charge in [0.25, 0.3) is 0 Å². The van der Waals surface area contributed by atoms with Gasteiger partial charge in [0, 0.05) is 23.0 Å². The van der Waals surface area contributed by atoms with Crippen molar-refractivity contribution in [3.8, 4) is 11.8 Å². The predicted octanol–water partition coefficient (Wildman–Crippen LogP) is 3.78. The van der Waals surface area contributed by atoms with Crippen molar-refractivity contribution < 1.29 is 4.79 Å². The number of carbonyl (C=O) groups is 1. The van der Waals surface area contributed by atoms with Crippen LogP contribution in [-0.2, 0) is 0 Å². The minimum atomic E-state index is -0.0825. The lowest BCUT2D eigenvalue weighted by Crippen LogP contribution is -2.03. The highest BCUT2D eigenvalue weighted by molar-refractivity contribution is 6.07. The van der Waals surface area contributed by atoms with Gasteiger partial charge in [0.1, 0.15) is 5.69 Å². The van der Waals surface area contributed by atoms with Crippen LogP contribution in [0.5, 0.6) is 0 Å². The Morgan fingerprint density at radius 2 is 1.67 bits per heavy atom. The zero-order valence-corrected chi connectivity index (χ0v) is 13.1. The van der Waals surface area contributed by atoms with Gasteiger partial charge in [0.2, 0.25) is 5.78 Å². The maximum absolute atomic E-state index is 12.3. The number of benzene rings is 2. The lowest BCUT2D eigenvalue weighted by atomic mass is 10.1. The molecule has 1 heterocycles. The predicted molar refractivity (Wildman–Crippen MR) is 95.9 cm³/mol. The molecular weight excluding hydrogens is 296 g/mol. The van der Waals surface area contributed by atoms with Crippen LogP contribution in [0.15, 0.2) is 79.0 Å². The van der Waals surface area contributed by atoms with E-state index in [1.54, 1.807) is 36.5 Å². The number of anilines is 1. The molecule has 3 nitrogen and oxygen atoms in total. The van der Waals surface area contributed by atoms with Crippen LogP contribution in [-0.4, -0.2) is 17.3 Å². The first kappa shape index (κ1) is 15.5. The van der Waals surface area contributed by atoms with E-state index in [9.17, 15) is 4.79 Å². The molecule has 116 valence electrons. The van der Waals surface area contributed by atoms with Gasteiger partial charge in [-0.25, -0.2) is 0 Å². The van der Waals surface area contributed by atoms with Gasteiger partial charge in [-0.3, -0.25) is 9.78 Å². The van der Waals surface area contributed by atoms with Crippen molar-refractivity contribution in [3.05, 3.63) is 95.8 Å². The summed E-state index contributed by atoms with van der Waals surface area (Å²) in [5, 5.41) is 3.23. The van der Waals surface area contributed by atoms with Crippen LogP contribution < -0.4 is 5.32 Å². The standard InChI is InChI=1S/C21H16N2O/c24-21(20-10-4-5-15-23-20)18-13-11-17(12-14-18)7-6-16-22-19-8-2-1-3-9-19/h1-5,8-15,22H,16H2. The Balaban J connectivity index is 1.61. The zero-order valence-electron chi connectivity index (χ0n) is 13.1. The van der Waals surface area contributed by atoms with Gasteiger partial charge in [-0.15, -0.1) is 0 Å². The average Bonchev–Trinajstić information content (AvgIpc) is 2.67. The zero-order chi connectivity index (χ0) is 16.6. The van der Waals surface area contributed by atoms with Gasteiger partial charge in [-0.2, -0.15) is 0 Å². The minimum absolute atomic E-state index is 0.0825. The molecule has 0 radical (unpaired) electrons. The van der Waals surface area contributed by atoms with Crippen LogP contribution in [0.1, 0.15) is 21.6 Å². The van der Waals surface area contributed by atoms with Crippen LogP contribution >= 0.6 is 0 Å². The maximum Gasteiger partial charge on any atom is 0.211 e. The van der Waals surface area contributed by atoms with Crippen LogP contribution in [0, 0.1) is 11.8 Å². The quantitative estimate of drug-likeness (QED) is 0.589. The van der Waals surface area contributed by atoms with Gasteiger partial charge in [0.05, 0.1) is 6.54 Å². The lowest BCUT2D eigenvalue weighted by molar-refractivity contribution is 0.103. The highest BCUT2D eigenvalue weighted by Gasteiger charge is 2.08. The Morgan fingerprint density at radius 3 is 2.38 bits per heavy atom. The Morgan fingerprint density at radius 1 is 0.917 bits per heavy atom. The van der Waals surface area contributed by atoms with Crippen LogP contribution in [0.25, 0.3) is 0 Å².